The molecule has 7 N–H and O–H groups in total. The Morgan fingerprint density at radius 1 is 0.714 bits per heavy atom. The first-order chi connectivity index (χ1) is 22.9. The predicted molar refractivity (Wildman–Crippen MR) is 187 cm³/mol. The molecule has 2 aromatic rings. The summed E-state index contributed by atoms with van der Waals surface area (Å²) in [5.74, 6) is -4.09. The van der Waals surface area contributed by atoms with Crippen LogP contribution in [0.3, 0.4) is 0 Å². The van der Waals surface area contributed by atoms with E-state index in [-0.39, 0.29) is 43.4 Å². The number of rotatable bonds is 17. The second-order valence-corrected chi connectivity index (χ2v) is 13.7. The number of carboxylic acid groups (broad SMARTS) is 2. The third-order valence-corrected chi connectivity index (χ3v) is 7.14. The van der Waals surface area contributed by atoms with Crippen molar-refractivity contribution in [1.82, 2.24) is 16.0 Å². The number of carbonyl (C=O) groups excluding carboxylic acids is 4. The molecule has 0 heterocycles. The van der Waals surface area contributed by atoms with Crippen LogP contribution >= 0.6 is 11.6 Å². The van der Waals surface area contributed by atoms with Gasteiger partial charge in [-0.25, -0.2) is 14.4 Å². The molecule has 0 radical (unpaired) electrons. The van der Waals surface area contributed by atoms with Crippen molar-refractivity contribution in [3.63, 3.8) is 0 Å². The third-order valence-electron chi connectivity index (χ3n) is 6.89. The van der Waals surface area contributed by atoms with Gasteiger partial charge < -0.3 is 36.8 Å². The van der Waals surface area contributed by atoms with Crippen molar-refractivity contribution >= 4 is 58.7 Å². The lowest BCUT2D eigenvalue weighted by Gasteiger charge is -2.22. The number of carbonyl (C=O) groups is 6. The van der Waals surface area contributed by atoms with Crippen LogP contribution in [0.1, 0.15) is 65.9 Å². The summed E-state index contributed by atoms with van der Waals surface area (Å²) in [6, 6.07) is 9.19. The van der Waals surface area contributed by atoms with Crippen LogP contribution in [-0.4, -0.2) is 64.0 Å². The molecule has 0 fully saturated rings. The molecule has 0 spiro atoms. The van der Waals surface area contributed by atoms with Crippen molar-refractivity contribution in [3.8, 4) is 0 Å². The number of nitrogens with one attached hydrogen (secondary N) is 5. The molecule has 0 aromatic heterocycles. The van der Waals surface area contributed by atoms with Gasteiger partial charge in [-0.3, -0.25) is 14.4 Å². The Morgan fingerprint density at radius 3 is 1.65 bits per heavy atom. The molecule has 49 heavy (non-hydrogen) atoms. The second-order valence-electron chi connectivity index (χ2n) is 13.2. The lowest BCUT2D eigenvalue weighted by atomic mass is 9.92. The Hall–Kier alpha value is -4.91. The molecule has 0 saturated heterocycles. The Morgan fingerprint density at radius 2 is 1.18 bits per heavy atom. The Kier molecular flexibility index (Phi) is 15.8. The highest BCUT2D eigenvalue weighted by Crippen LogP contribution is 2.18. The molecule has 2 rings (SSSR count). The number of halogens is 1. The maximum atomic E-state index is 13.2. The summed E-state index contributed by atoms with van der Waals surface area (Å²) in [5, 5.41) is 32.7. The van der Waals surface area contributed by atoms with E-state index in [0.717, 1.165) is 0 Å². The fourth-order valence-corrected chi connectivity index (χ4v) is 4.70. The zero-order chi connectivity index (χ0) is 36.7. The molecular formula is C35H46ClN5O8. The predicted octanol–water partition coefficient (Wildman–Crippen LogP) is 4.97. The van der Waals surface area contributed by atoms with Crippen LogP contribution in [0.25, 0.3) is 0 Å². The maximum absolute atomic E-state index is 13.2. The SMILES string of the molecule is CC(C)CC(NC(=O)Cc1ccc(NC(=O)Nc2ccc(Cl)cc2)cc1)C(=O)NC(C/C=C/CC(NC(=O)CC(C)(C)C)C(=O)O)C(=O)O. The average Bonchev–Trinajstić information content (AvgIpc) is 2.98. The molecule has 14 heteroatoms. The van der Waals surface area contributed by atoms with Crippen molar-refractivity contribution in [3.05, 3.63) is 71.3 Å². The first-order valence-corrected chi connectivity index (χ1v) is 16.2. The quantitative estimate of drug-likeness (QED) is 0.112. The standard InChI is InChI=1S/C35H46ClN5O8/c1-21(2)18-28(31(44)41-27(33(47)48)9-7-6-8-26(32(45)46)39-30(43)20-35(3,4)5)40-29(42)19-22-10-14-24(15-11-22)37-34(49)38-25-16-12-23(36)13-17-25/h6-7,10-17,21,26-28H,8-9,18-20H2,1-5H3,(H,39,43)(H,40,42)(H,41,44)(H,45,46)(H,47,48)(H2,37,38,49)/b7-6+. The lowest BCUT2D eigenvalue weighted by Crippen LogP contribution is -2.52. The first-order valence-electron chi connectivity index (χ1n) is 15.8. The summed E-state index contributed by atoms with van der Waals surface area (Å²) in [4.78, 5) is 74.1. The van der Waals surface area contributed by atoms with Gasteiger partial charge in [0.15, 0.2) is 0 Å². The summed E-state index contributed by atoms with van der Waals surface area (Å²) in [7, 11) is 0. The summed E-state index contributed by atoms with van der Waals surface area (Å²) in [5.41, 5.74) is 1.34. The van der Waals surface area contributed by atoms with E-state index < -0.39 is 53.8 Å². The number of anilines is 2. The molecule has 0 aliphatic heterocycles. The molecule has 0 bridgehead atoms. The molecule has 5 amide bonds. The van der Waals surface area contributed by atoms with Gasteiger partial charge in [0.05, 0.1) is 6.42 Å². The molecule has 2 aromatic carbocycles. The van der Waals surface area contributed by atoms with Crippen molar-refractivity contribution in [2.75, 3.05) is 10.6 Å². The number of hydrogen-bond acceptors (Lipinski definition) is 6. The maximum Gasteiger partial charge on any atom is 0.326 e. The zero-order valence-corrected chi connectivity index (χ0v) is 29.1. The van der Waals surface area contributed by atoms with E-state index in [1.807, 2.05) is 34.6 Å². The van der Waals surface area contributed by atoms with E-state index >= 15 is 0 Å². The number of urea groups is 1. The number of aliphatic carboxylic acids is 2. The number of carboxylic acids is 2. The van der Waals surface area contributed by atoms with E-state index in [1.54, 1.807) is 48.5 Å². The zero-order valence-electron chi connectivity index (χ0n) is 28.3. The van der Waals surface area contributed by atoms with Crippen LogP contribution in [-0.2, 0) is 30.4 Å². The lowest BCUT2D eigenvalue weighted by molar-refractivity contribution is -0.142. The fourth-order valence-electron chi connectivity index (χ4n) is 4.57. The van der Waals surface area contributed by atoms with E-state index in [1.165, 1.54) is 12.2 Å². The number of hydrogen-bond donors (Lipinski definition) is 7. The van der Waals surface area contributed by atoms with Crippen LogP contribution in [0.15, 0.2) is 60.7 Å². The van der Waals surface area contributed by atoms with E-state index in [0.29, 0.717) is 22.0 Å². The largest absolute Gasteiger partial charge is 0.480 e. The van der Waals surface area contributed by atoms with Crippen LogP contribution < -0.4 is 26.6 Å². The second kappa shape index (κ2) is 19.2. The molecule has 3 atom stereocenters. The Balaban J connectivity index is 1.95. The minimum atomic E-state index is -1.34. The molecule has 13 nitrogen and oxygen atoms in total. The van der Waals surface area contributed by atoms with Crippen molar-refractivity contribution in [2.24, 2.45) is 11.3 Å². The first kappa shape index (κ1) is 40.3. The van der Waals surface area contributed by atoms with Gasteiger partial charge >= 0.3 is 18.0 Å². The number of amides is 5. The molecule has 266 valence electrons. The van der Waals surface area contributed by atoms with Crippen molar-refractivity contribution < 1.29 is 39.0 Å². The third kappa shape index (κ3) is 16.2. The van der Waals surface area contributed by atoms with Gasteiger partial charge in [0.2, 0.25) is 17.7 Å². The van der Waals surface area contributed by atoms with E-state index in [9.17, 15) is 39.0 Å². The van der Waals surface area contributed by atoms with Gasteiger partial charge in [0, 0.05) is 22.8 Å². The molecule has 0 saturated carbocycles. The monoisotopic (exact) mass is 699 g/mol. The smallest absolute Gasteiger partial charge is 0.326 e. The van der Waals surface area contributed by atoms with Crippen LogP contribution in [0, 0.1) is 11.3 Å². The highest BCUT2D eigenvalue weighted by molar-refractivity contribution is 6.30. The molecular weight excluding hydrogens is 654 g/mol. The van der Waals surface area contributed by atoms with Gasteiger partial charge in [0.1, 0.15) is 18.1 Å². The summed E-state index contributed by atoms with van der Waals surface area (Å²) in [6.45, 7) is 9.28. The highest BCUT2D eigenvalue weighted by Gasteiger charge is 2.27. The van der Waals surface area contributed by atoms with Gasteiger partial charge in [-0.1, -0.05) is 70.5 Å². The van der Waals surface area contributed by atoms with Gasteiger partial charge in [-0.2, -0.15) is 0 Å². The minimum Gasteiger partial charge on any atom is -0.480 e. The van der Waals surface area contributed by atoms with Gasteiger partial charge in [-0.15, -0.1) is 0 Å². The molecule has 0 aliphatic carbocycles. The normalized spacial score (nSPS) is 13.2. The van der Waals surface area contributed by atoms with E-state index in [4.69, 9.17) is 11.6 Å². The summed E-state index contributed by atoms with van der Waals surface area (Å²) < 4.78 is 0. The fraction of sp³-hybridized carbons (Fsp3) is 0.429. The average molecular weight is 700 g/mol. The molecule has 0 aliphatic rings. The van der Waals surface area contributed by atoms with Crippen molar-refractivity contribution in [2.45, 2.75) is 84.8 Å². The Labute approximate surface area is 291 Å². The number of benzene rings is 2. The summed E-state index contributed by atoms with van der Waals surface area (Å²) in [6.07, 6.45) is 2.97. The van der Waals surface area contributed by atoms with Crippen LogP contribution in [0.4, 0.5) is 16.2 Å². The topological polar surface area (TPSA) is 203 Å². The molecule has 3 unspecified atom stereocenters. The van der Waals surface area contributed by atoms with E-state index in [2.05, 4.69) is 26.6 Å². The Bertz CT molecular complexity index is 1490. The van der Waals surface area contributed by atoms with Crippen LogP contribution in [0.5, 0.6) is 0 Å². The van der Waals surface area contributed by atoms with Crippen molar-refractivity contribution in [1.29, 1.82) is 0 Å². The summed E-state index contributed by atoms with van der Waals surface area (Å²) >= 11 is 5.86. The van der Waals surface area contributed by atoms with Crippen LogP contribution in [0.2, 0.25) is 5.02 Å². The van der Waals surface area contributed by atoms with Gasteiger partial charge in [-0.05, 0) is 72.6 Å². The minimum absolute atomic E-state index is 0.00922. The van der Waals surface area contributed by atoms with Gasteiger partial charge in [0.25, 0.3) is 0 Å². The highest BCUT2D eigenvalue weighted by atomic mass is 35.5.